The van der Waals surface area contributed by atoms with Gasteiger partial charge in [0.05, 0.1) is 12.3 Å². The monoisotopic (exact) mass is 307 g/mol. The minimum Gasteiger partial charge on any atom is -0.371 e. The minimum atomic E-state index is -0.00556. The van der Waals surface area contributed by atoms with E-state index in [1.807, 2.05) is 11.7 Å². The van der Waals surface area contributed by atoms with Crippen molar-refractivity contribution >= 4 is 5.91 Å². The number of fused-ring (bicyclic) bond motifs is 1. The van der Waals surface area contributed by atoms with Gasteiger partial charge in [-0.2, -0.15) is 0 Å². The summed E-state index contributed by atoms with van der Waals surface area (Å²) in [5.41, 5.74) is 2.21. The highest BCUT2D eigenvalue weighted by Crippen LogP contribution is 2.33. The molecule has 122 valence electrons. The van der Waals surface area contributed by atoms with E-state index in [0.717, 1.165) is 36.9 Å². The Morgan fingerprint density at radius 1 is 1.41 bits per heavy atom. The van der Waals surface area contributed by atoms with Gasteiger partial charge in [-0.3, -0.25) is 14.4 Å². The molecule has 1 aliphatic carbocycles. The molecule has 0 bridgehead atoms. The van der Waals surface area contributed by atoms with E-state index in [4.69, 9.17) is 4.74 Å². The van der Waals surface area contributed by atoms with Crippen LogP contribution in [0.2, 0.25) is 0 Å². The molecule has 1 unspecified atom stereocenters. The van der Waals surface area contributed by atoms with E-state index in [-0.39, 0.29) is 18.4 Å². The smallest absolute Gasteiger partial charge is 0.248 e. The van der Waals surface area contributed by atoms with Gasteiger partial charge in [0.25, 0.3) is 0 Å². The number of carbonyl (C=O) groups is 1. The van der Waals surface area contributed by atoms with Crippen LogP contribution in [0.15, 0.2) is 0 Å². The molecule has 2 heterocycles. The zero-order valence-corrected chi connectivity index (χ0v) is 13.7. The average molecular weight is 307 g/mol. The molecule has 1 saturated carbocycles. The molecule has 7 heteroatoms. The number of aryl methyl sites for hydroxylation is 1. The highest BCUT2D eigenvalue weighted by Gasteiger charge is 2.33. The van der Waals surface area contributed by atoms with Gasteiger partial charge in [-0.05, 0) is 18.8 Å². The second kappa shape index (κ2) is 6.34. The molecule has 1 fully saturated rings. The summed E-state index contributed by atoms with van der Waals surface area (Å²) in [7, 11) is 5.42. The van der Waals surface area contributed by atoms with Gasteiger partial charge in [0.2, 0.25) is 5.91 Å². The Balaban J connectivity index is 1.62. The maximum absolute atomic E-state index is 11.6. The molecular weight excluding hydrogens is 282 g/mol. The van der Waals surface area contributed by atoms with Crippen molar-refractivity contribution < 1.29 is 9.53 Å². The third-order valence-electron chi connectivity index (χ3n) is 4.44. The van der Waals surface area contributed by atoms with Crippen LogP contribution in [0.4, 0.5) is 0 Å². The van der Waals surface area contributed by atoms with Gasteiger partial charge in [-0.1, -0.05) is 5.21 Å². The summed E-state index contributed by atoms with van der Waals surface area (Å²) in [6.45, 7) is 3.65. The molecule has 0 spiro atoms. The van der Waals surface area contributed by atoms with Gasteiger partial charge in [0, 0.05) is 46.7 Å². The summed E-state index contributed by atoms with van der Waals surface area (Å²) in [6, 6.07) is 0. The Bertz CT molecular complexity index is 538. The van der Waals surface area contributed by atoms with Gasteiger partial charge in [0.1, 0.15) is 12.3 Å². The summed E-state index contributed by atoms with van der Waals surface area (Å²) < 4.78 is 7.51. The molecule has 1 amide bonds. The Hall–Kier alpha value is -1.47. The summed E-state index contributed by atoms with van der Waals surface area (Å²) in [4.78, 5) is 15.6. The number of amides is 1. The van der Waals surface area contributed by atoms with E-state index in [2.05, 4.69) is 15.2 Å². The molecule has 7 nitrogen and oxygen atoms in total. The van der Waals surface area contributed by atoms with Crippen molar-refractivity contribution in [3.8, 4) is 0 Å². The van der Waals surface area contributed by atoms with Crippen LogP contribution in [-0.2, 0) is 23.1 Å². The van der Waals surface area contributed by atoms with Crippen molar-refractivity contribution in [3.63, 3.8) is 0 Å². The number of nitrogens with zero attached hydrogens (tertiary/aromatic N) is 5. The number of hydrogen-bond acceptors (Lipinski definition) is 5. The minimum absolute atomic E-state index is 0.00556. The van der Waals surface area contributed by atoms with E-state index < -0.39 is 0 Å². The first-order chi connectivity index (χ1) is 10.5. The second-order valence-corrected chi connectivity index (χ2v) is 6.68. The number of aromatic nitrogens is 3. The van der Waals surface area contributed by atoms with E-state index in [0.29, 0.717) is 6.61 Å². The van der Waals surface area contributed by atoms with Crippen LogP contribution in [0.3, 0.4) is 0 Å². The molecule has 22 heavy (non-hydrogen) atoms. The van der Waals surface area contributed by atoms with E-state index >= 15 is 0 Å². The van der Waals surface area contributed by atoms with Gasteiger partial charge in [0.15, 0.2) is 0 Å². The third kappa shape index (κ3) is 3.47. The first kappa shape index (κ1) is 15.4. The van der Waals surface area contributed by atoms with Crippen LogP contribution >= 0.6 is 0 Å². The van der Waals surface area contributed by atoms with Crippen molar-refractivity contribution in [2.24, 2.45) is 13.0 Å². The first-order valence-electron chi connectivity index (χ1n) is 7.93. The van der Waals surface area contributed by atoms with Crippen molar-refractivity contribution in [2.75, 3.05) is 40.4 Å². The lowest BCUT2D eigenvalue weighted by molar-refractivity contribution is -0.133. The highest BCUT2D eigenvalue weighted by molar-refractivity contribution is 5.76. The predicted molar refractivity (Wildman–Crippen MR) is 81.3 cm³/mol. The Labute approximate surface area is 131 Å². The van der Waals surface area contributed by atoms with Crippen molar-refractivity contribution in [1.82, 2.24) is 24.8 Å². The van der Waals surface area contributed by atoms with Crippen molar-refractivity contribution in [2.45, 2.75) is 25.3 Å². The maximum Gasteiger partial charge on any atom is 0.248 e. The number of ether oxygens (including phenoxy) is 1. The standard InChI is InChI=1S/C15H25N5O2/c1-18(2)14(21)10-22-9-12-7-20(6-11-4-5-11)8-13-15(12)19(3)17-16-13/h11-12H,4-10H2,1-3H3. The van der Waals surface area contributed by atoms with E-state index in [1.165, 1.54) is 12.8 Å². The fourth-order valence-corrected chi connectivity index (χ4v) is 3.05. The van der Waals surface area contributed by atoms with Crippen molar-refractivity contribution in [1.29, 1.82) is 0 Å². The van der Waals surface area contributed by atoms with Gasteiger partial charge in [-0.25, -0.2) is 0 Å². The lowest BCUT2D eigenvalue weighted by Crippen LogP contribution is -2.38. The van der Waals surface area contributed by atoms with Gasteiger partial charge < -0.3 is 9.64 Å². The van der Waals surface area contributed by atoms with Crippen LogP contribution < -0.4 is 0 Å². The van der Waals surface area contributed by atoms with Crippen LogP contribution in [0, 0.1) is 5.92 Å². The Morgan fingerprint density at radius 3 is 2.86 bits per heavy atom. The number of likely N-dealkylation sites (N-methyl/N-ethyl adjacent to an activating group) is 1. The maximum atomic E-state index is 11.6. The van der Waals surface area contributed by atoms with Crippen LogP contribution in [0.25, 0.3) is 0 Å². The molecule has 1 aromatic heterocycles. The third-order valence-corrected chi connectivity index (χ3v) is 4.44. The summed E-state index contributed by atoms with van der Waals surface area (Å²) in [5.74, 6) is 1.08. The quantitative estimate of drug-likeness (QED) is 0.753. The molecule has 3 rings (SSSR count). The molecular formula is C15H25N5O2. The molecule has 1 aromatic rings. The molecule has 1 atom stereocenters. The lowest BCUT2D eigenvalue weighted by atomic mass is 9.98. The fourth-order valence-electron chi connectivity index (χ4n) is 3.05. The number of hydrogen-bond donors (Lipinski definition) is 0. The summed E-state index contributed by atoms with van der Waals surface area (Å²) >= 11 is 0. The van der Waals surface area contributed by atoms with Crippen LogP contribution in [0.5, 0.6) is 0 Å². The molecule has 0 saturated heterocycles. The topological polar surface area (TPSA) is 63.5 Å². The molecule has 0 N–H and O–H groups in total. The van der Waals surface area contributed by atoms with Gasteiger partial charge >= 0.3 is 0 Å². The van der Waals surface area contributed by atoms with Crippen LogP contribution in [-0.4, -0.2) is 71.1 Å². The van der Waals surface area contributed by atoms with Crippen LogP contribution in [0.1, 0.15) is 30.1 Å². The first-order valence-corrected chi connectivity index (χ1v) is 7.93. The fraction of sp³-hybridized carbons (Fsp3) is 0.800. The second-order valence-electron chi connectivity index (χ2n) is 6.68. The highest BCUT2D eigenvalue weighted by atomic mass is 16.5. The lowest BCUT2D eigenvalue weighted by Gasteiger charge is -2.32. The van der Waals surface area contributed by atoms with Gasteiger partial charge in [-0.15, -0.1) is 5.10 Å². The number of rotatable bonds is 6. The average Bonchev–Trinajstić information content (AvgIpc) is 3.20. The van der Waals surface area contributed by atoms with E-state index in [1.54, 1.807) is 19.0 Å². The summed E-state index contributed by atoms with van der Waals surface area (Å²) in [5, 5.41) is 8.45. The zero-order chi connectivity index (χ0) is 15.7. The normalized spacial score (nSPS) is 21.7. The van der Waals surface area contributed by atoms with Crippen molar-refractivity contribution in [3.05, 3.63) is 11.4 Å². The zero-order valence-electron chi connectivity index (χ0n) is 13.7. The molecule has 0 radical (unpaired) electrons. The molecule has 0 aromatic carbocycles. The Morgan fingerprint density at radius 2 is 2.18 bits per heavy atom. The summed E-state index contributed by atoms with van der Waals surface area (Å²) in [6.07, 6.45) is 2.70. The SMILES string of the molecule is CN(C)C(=O)COCC1CN(CC2CC2)Cc2nnn(C)c21. The Kier molecular flexibility index (Phi) is 4.44. The molecule has 1 aliphatic heterocycles. The predicted octanol–water partition coefficient (Wildman–Crippen LogP) is 0.229. The molecule has 2 aliphatic rings. The number of carbonyl (C=O) groups excluding carboxylic acids is 1. The largest absolute Gasteiger partial charge is 0.371 e. The van der Waals surface area contributed by atoms with E-state index in [9.17, 15) is 4.79 Å².